The first-order valence-corrected chi connectivity index (χ1v) is 11.4. The van der Waals surface area contributed by atoms with Crippen LogP contribution in [0, 0.1) is 6.92 Å². The Morgan fingerprint density at radius 2 is 1.77 bits per heavy atom. The average molecular weight is 486 g/mol. The largest absolute Gasteiger partial charge is 0.573 e. The maximum absolute atomic E-state index is 12.4. The molecule has 0 radical (unpaired) electrons. The number of pyridine rings is 1. The molecule has 5 rings (SSSR count). The van der Waals surface area contributed by atoms with E-state index in [1.807, 2.05) is 36.6 Å². The standard InChI is InChI=1S/C24H25F3N6O2/c1-3-19-22(33-9-8-16(2)14-20(33)28-19)23-30-29-21(34-23)15-31-10-12-32(13-11-31)17-4-6-18(7-5-17)35-24(25,26)27/h4-9,14H,3,10-13,15H2,1-2H3. The zero-order chi connectivity index (χ0) is 24.6. The van der Waals surface area contributed by atoms with Crippen LogP contribution in [0.3, 0.4) is 0 Å². The van der Waals surface area contributed by atoms with Crippen LogP contribution in [-0.4, -0.2) is 57.0 Å². The summed E-state index contributed by atoms with van der Waals surface area (Å²) in [6.07, 6.45) is -1.97. The van der Waals surface area contributed by atoms with Crippen molar-refractivity contribution >= 4 is 11.3 Å². The van der Waals surface area contributed by atoms with Gasteiger partial charge in [0.25, 0.3) is 5.89 Å². The van der Waals surface area contributed by atoms with Crippen LogP contribution in [0.25, 0.3) is 17.2 Å². The predicted octanol–water partition coefficient (Wildman–Crippen LogP) is 4.48. The van der Waals surface area contributed by atoms with Crippen molar-refractivity contribution in [2.75, 3.05) is 31.1 Å². The Morgan fingerprint density at radius 1 is 1.03 bits per heavy atom. The SMILES string of the molecule is CCc1nc2cc(C)ccn2c1-c1nnc(CN2CCN(c3ccc(OC(F)(F)F)cc3)CC2)o1. The molecule has 4 aromatic rings. The van der Waals surface area contributed by atoms with Gasteiger partial charge in [0.15, 0.2) is 0 Å². The van der Waals surface area contributed by atoms with Crippen molar-refractivity contribution in [1.82, 2.24) is 24.5 Å². The number of hydrogen-bond acceptors (Lipinski definition) is 7. The molecular formula is C24H25F3N6O2. The summed E-state index contributed by atoms with van der Waals surface area (Å²) in [7, 11) is 0. The van der Waals surface area contributed by atoms with Crippen molar-refractivity contribution in [2.45, 2.75) is 33.2 Å². The minimum absolute atomic E-state index is 0.223. The average Bonchev–Trinajstić information content (AvgIpc) is 3.42. The number of ether oxygens (including phenoxy) is 1. The van der Waals surface area contributed by atoms with E-state index in [-0.39, 0.29) is 5.75 Å². The van der Waals surface area contributed by atoms with E-state index in [0.717, 1.165) is 60.9 Å². The quantitative estimate of drug-likeness (QED) is 0.398. The summed E-state index contributed by atoms with van der Waals surface area (Å²) in [5.41, 5.74) is 4.57. The molecule has 8 nitrogen and oxygen atoms in total. The number of fused-ring (bicyclic) bond motifs is 1. The van der Waals surface area contributed by atoms with Crippen LogP contribution < -0.4 is 9.64 Å². The molecule has 1 aliphatic heterocycles. The third-order valence-corrected chi connectivity index (χ3v) is 6.02. The van der Waals surface area contributed by atoms with Crippen LogP contribution in [-0.2, 0) is 13.0 Å². The zero-order valence-corrected chi connectivity index (χ0v) is 19.4. The summed E-state index contributed by atoms with van der Waals surface area (Å²) in [5, 5.41) is 8.56. The molecule has 0 atom stereocenters. The van der Waals surface area contributed by atoms with Crippen molar-refractivity contribution < 1.29 is 22.3 Å². The maximum atomic E-state index is 12.4. The van der Waals surface area contributed by atoms with Gasteiger partial charge in [0, 0.05) is 38.1 Å². The molecule has 35 heavy (non-hydrogen) atoms. The van der Waals surface area contributed by atoms with Crippen LogP contribution in [0.4, 0.5) is 18.9 Å². The van der Waals surface area contributed by atoms with Gasteiger partial charge in [-0.3, -0.25) is 9.30 Å². The fourth-order valence-electron chi connectivity index (χ4n) is 4.30. The number of piperazine rings is 1. The van der Waals surface area contributed by atoms with Crippen molar-refractivity contribution in [1.29, 1.82) is 0 Å². The molecule has 0 amide bonds. The Balaban J connectivity index is 1.22. The van der Waals surface area contributed by atoms with Gasteiger partial charge in [-0.15, -0.1) is 23.4 Å². The lowest BCUT2D eigenvalue weighted by Crippen LogP contribution is -2.46. The first kappa shape index (κ1) is 23.2. The number of rotatable bonds is 6. The molecule has 0 saturated carbocycles. The fraction of sp³-hybridized carbons (Fsp3) is 0.375. The molecule has 1 aliphatic rings. The molecule has 1 fully saturated rings. The van der Waals surface area contributed by atoms with Crippen LogP contribution in [0.2, 0.25) is 0 Å². The number of aryl methyl sites for hydroxylation is 2. The third kappa shape index (κ3) is 5.09. The lowest BCUT2D eigenvalue weighted by atomic mass is 10.2. The van der Waals surface area contributed by atoms with E-state index >= 15 is 0 Å². The second-order valence-electron chi connectivity index (χ2n) is 8.50. The lowest BCUT2D eigenvalue weighted by Gasteiger charge is -2.35. The summed E-state index contributed by atoms with van der Waals surface area (Å²) in [5.74, 6) is 0.763. The van der Waals surface area contributed by atoms with Crippen LogP contribution >= 0.6 is 0 Å². The number of anilines is 1. The van der Waals surface area contributed by atoms with E-state index in [9.17, 15) is 13.2 Å². The molecule has 0 bridgehead atoms. The van der Waals surface area contributed by atoms with Crippen molar-refractivity contribution in [3.05, 3.63) is 59.7 Å². The number of imidazole rings is 1. The smallest absolute Gasteiger partial charge is 0.418 e. The second kappa shape index (κ2) is 9.21. The van der Waals surface area contributed by atoms with Gasteiger partial charge in [0.2, 0.25) is 5.89 Å². The highest BCUT2D eigenvalue weighted by Crippen LogP contribution is 2.27. The maximum Gasteiger partial charge on any atom is 0.573 e. The van der Waals surface area contributed by atoms with E-state index < -0.39 is 6.36 Å². The van der Waals surface area contributed by atoms with Gasteiger partial charge >= 0.3 is 6.36 Å². The summed E-state index contributed by atoms with van der Waals surface area (Å²) >= 11 is 0. The molecular weight excluding hydrogens is 461 g/mol. The van der Waals surface area contributed by atoms with E-state index in [1.165, 1.54) is 12.1 Å². The fourth-order valence-corrected chi connectivity index (χ4v) is 4.30. The first-order chi connectivity index (χ1) is 16.8. The highest BCUT2D eigenvalue weighted by Gasteiger charge is 2.31. The molecule has 3 aromatic heterocycles. The second-order valence-corrected chi connectivity index (χ2v) is 8.50. The summed E-state index contributed by atoms with van der Waals surface area (Å²) in [6, 6.07) is 10.00. The topological polar surface area (TPSA) is 71.9 Å². The first-order valence-electron chi connectivity index (χ1n) is 11.4. The Bertz CT molecular complexity index is 1310. The molecule has 0 spiro atoms. The van der Waals surface area contributed by atoms with Crippen molar-refractivity contribution in [3.8, 4) is 17.3 Å². The van der Waals surface area contributed by atoms with Crippen molar-refractivity contribution in [2.24, 2.45) is 0 Å². The number of halogens is 3. The van der Waals surface area contributed by atoms with Crippen LogP contribution in [0.1, 0.15) is 24.1 Å². The third-order valence-electron chi connectivity index (χ3n) is 6.02. The van der Waals surface area contributed by atoms with Gasteiger partial charge in [-0.2, -0.15) is 0 Å². The molecule has 1 saturated heterocycles. The minimum atomic E-state index is -4.69. The van der Waals surface area contributed by atoms with Crippen molar-refractivity contribution in [3.63, 3.8) is 0 Å². The van der Waals surface area contributed by atoms with E-state index in [1.54, 1.807) is 12.1 Å². The van der Waals surface area contributed by atoms with E-state index in [2.05, 4.69) is 24.7 Å². The monoisotopic (exact) mass is 486 g/mol. The minimum Gasteiger partial charge on any atom is -0.418 e. The number of benzene rings is 1. The Kier molecular flexibility index (Phi) is 6.10. The van der Waals surface area contributed by atoms with Gasteiger partial charge < -0.3 is 14.1 Å². The molecule has 0 N–H and O–H groups in total. The Labute approximate surface area is 199 Å². The normalized spacial score (nSPS) is 15.2. The molecule has 11 heteroatoms. The van der Waals surface area contributed by atoms with E-state index in [4.69, 9.17) is 9.40 Å². The molecule has 0 aliphatic carbocycles. The highest BCUT2D eigenvalue weighted by atomic mass is 19.4. The van der Waals surface area contributed by atoms with E-state index in [0.29, 0.717) is 18.3 Å². The summed E-state index contributed by atoms with van der Waals surface area (Å²) in [6.45, 7) is 7.57. The van der Waals surface area contributed by atoms with Gasteiger partial charge in [-0.1, -0.05) is 6.92 Å². The molecule has 4 heterocycles. The summed E-state index contributed by atoms with van der Waals surface area (Å²) in [4.78, 5) is 9.05. The Morgan fingerprint density at radius 3 is 2.46 bits per heavy atom. The van der Waals surface area contributed by atoms with Crippen LogP contribution in [0.5, 0.6) is 5.75 Å². The number of nitrogens with zero attached hydrogens (tertiary/aromatic N) is 6. The van der Waals surface area contributed by atoms with Gasteiger partial charge in [0.1, 0.15) is 17.1 Å². The number of hydrogen-bond donors (Lipinski definition) is 0. The molecule has 1 aromatic carbocycles. The highest BCUT2D eigenvalue weighted by molar-refractivity contribution is 5.60. The van der Waals surface area contributed by atoms with Gasteiger partial charge in [-0.25, -0.2) is 4.98 Å². The number of alkyl halides is 3. The van der Waals surface area contributed by atoms with Gasteiger partial charge in [-0.05, 0) is 55.3 Å². The molecule has 0 unspecified atom stereocenters. The number of aromatic nitrogens is 4. The van der Waals surface area contributed by atoms with Crippen LogP contribution in [0.15, 0.2) is 47.0 Å². The predicted molar refractivity (Wildman–Crippen MR) is 123 cm³/mol. The summed E-state index contributed by atoms with van der Waals surface area (Å²) < 4.78 is 49.0. The lowest BCUT2D eigenvalue weighted by molar-refractivity contribution is -0.274. The Hall–Kier alpha value is -3.60. The zero-order valence-electron chi connectivity index (χ0n) is 19.4. The molecule has 184 valence electrons. The van der Waals surface area contributed by atoms with Gasteiger partial charge in [0.05, 0.1) is 12.2 Å².